The van der Waals surface area contributed by atoms with E-state index in [-0.39, 0.29) is 12.4 Å². The SMILES string of the molecule is COCCN(Cc1ccc2c(c1)OCO2)CC1CCNCC1.Cl. The van der Waals surface area contributed by atoms with Crippen LogP contribution in [0.5, 0.6) is 11.5 Å². The van der Waals surface area contributed by atoms with Gasteiger partial charge in [-0.15, -0.1) is 12.4 Å². The van der Waals surface area contributed by atoms with Crippen molar-refractivity contribution in [3.05, 3.63) is 23.8 Å². The molecule has 5 nitrogen and oxygen atoms in total. The number of hydrogen-bond acceptors (Lipinski definition) is 5. The molecular formula is C17H27ClN2O3. The second-order valence-electron chi connectivity index (χ2n) is 6.11. The first-order valence-corrected chi connectivity index (χ1v) is 8.15. The Morgan fingerprint density at radius 3 is 2.78 bits per heavy atom. The maximum absolute atomic E-state index is 5.48. The van der Waals surface area contributed by atoms with Gasteiger partial charge in [-0.05, 0) is 49.5 Å². The third kappa shape index (κ3) is 5.24. The number of fused-ring (bicyclic) bond motifs is 1. The molecule has 23 heavy (non-hydrogen) atoms. The van der Waals surface area contributed by atoms with Crippen LogP contribution in [0.4, 0.5) is 0 Å². The number of methoxy groups -OCH3 is 1. The predicted molar refractivity (Wildman–Crippen MR) is 92.6 cm³/mol. The molecule has 0 atom stereocenters. The van der Waals surface area contributed by atoms with Crippen LogP contribution in [-0.4, -0.2) is 51.6 Å². The molecule has 130 valence electrons. The number of piperidine rings is 1. The summed E-state index contributed by atoms with van der Waals surface area (Å²) in [4.78, 5) is 2.50. The van der Waals surface area contributed by atoms with E-state index in [0.717, 1.165) is 56.7 Å². The van der Waals surface area contributed by atoms with Gasteiger partial charge in [-0.25, -0.2) is 0 Å². The Hall–Kier alpha value is -1.01. The van der Waals surface area contributed by atoms with E-state index in [0.29, 0.717) is 6.79 Å². The Morgan fingerprint density at radius 1 is 1.22 bits per heavy atom. The second-order valence-corrected chi connectivity index (χ2v) is 6.11. The lowest BCUT2D eigenvalue weighted by Gasteiger charge is -2.30. The Kier molecular flexibility index (Phi) is 7.43. The molecular weight excluding hydrogens is 316 g/mol. The lowest BCUT2D eigenvalue weighted by atomic mass is 9.97. The fourth-order valence-electron chi connectivity index (χ4n) is 3.18. The summed E-state index contributed by atoms with van der Waals surface area (Å²) >= 11 is 0. The van der Waals surface area contributed by atoms with Crippen molar-refractivity contribution >= 4 is 12.4 Å². The minimum Gasteiger partial charge on any atom is -0.454 e. The fourth-order valence-corrected chi connectivity index (χ4v) is 3.18. The van der Waals surface area contributed by atoms with Crippen LogP contribution >= 0.6 is 12.4 Å². The molecule has 0 radical (unpaired) electrons. The van der Waals surface area contributed by atoms with Gasteiger partial charge in [0, 0.05) is 26.7 Å². The van der Waals surface area contributed by atoms with Crippen LogP contribution in [0.25, 0.3) is 0 Å². The quantitative estimate of drug-likeness (QED) is 0.823. The van der Waals surface area contributed by atoms with E-state index < -0.39 is 0 Å². The molecule has 2 heterocycles. The normalized spacial score (nSPS) is 17.3. The number of benzene rings is 1. The highest BCUT2D eigenvalue weighted by atomic mass is 35.5. The summed E-state index contributed by atoms with van der Waals surface area (Å²) in [6.07, 6.45) is 2.54. The van der Waals surface area contributed by atoms with Crippen molar-refractivity contribution in [3.63, 3.8) is 0 Å². The van der Waals surface area contributed by atoms with Crippen molar-refractivity contribution < 1.29 is 14.2 Å². The van der Waals surface area contributed by atoms with Crippen molar-refractivity contribution in [3.8, 4) is 11.5 Å². The van der Waals surface area contributed by atoms with E-state index in [2.05, 4.69) is 22.3 Å². The number of ether oxygens (including phenoxy) is 3. The van der Waals surface area contributed by atoms with Crippen molar-refractivity contribution in [2.24, 2.45) is 5.92 Å². The molecule has 2 aliphatic heterocycles. The first kappa shape index (κ1) is 18.3. The van der Waals surface area contributed by atoms with Gasteiger partial charge in [0.05, 0.1) is 6.61 Å². The molecule has 0 aromatic heterocycles. The second kappa shape index (κ2) is 9.33. The number of halogens is 1. The average Bonchev–Trinajstić information content (AvgIpc) is 3.01. The lowest BCUT2D eigenvalue weighted by Crippen LogP contribution is -2.37. The topological polar surface area (TPSA) is 43.0 Å². The van der Waals surface area contributed by atoms with Gasteiger partial charge < -0.3 is 19.5 Å². The number of rotatable bonds is 7. The van der Waals surface area contributed by atoms with Gasteiger partial charge in [0.1, 0.15) is 0 Å². The van der Waals surface area contributed by atoms with Crippen LogP contribution in [0.3, 0.4) is 0 Å². The molecule has 1 N–H and O–H groups in total. The fraction of sp³-hybridized carbons (Fsp3) is 0.647. The largest absolute Gasteiger partial charge is 0.454 e. The Labute approximate surface area is 144 Å². The van der Waals surface area contributed by atoms with Gasteiger partial charge in [-0.1, -0.05) is 6.07 Å². The van der Waals surface area contributed by atoms with Crippen LogP contribution in [0.2, 0.25) is 0 Å². The van der Waals surface area contributed by atoms with E-state index >= 15 is 0 Å². The molecule has 0 bridgehead atoms. The monoisotopic (exact) mass is 342 g/mol. The lowest BCUT2D eigenvalue weighted by molar-refractivity contribution is 0.126. The van der Waals surface area contributed by atoms with Gasteiger partial charge in [-0.2, -0.15) is 0 Å². The zero-order valence-corrected chi connectivity index (χ0v) is 14.6. The van der Waals surface area contributed by atoms with E-state index in [1.54, 1.807) is 7.11 Å². The van der Waals surface area contributed by atoms with Crippen LogP contribution in [0.1, 0.15) is 18.4 Å². The molecule has 0 aliphatic carbocycles. The molecule has 0 amide bonds. The average molecular weight is 343 g/mol. The third-order valence-corrected chi connectivity index (χ3v) is 4.43. The first-order valence-electron chi connectivity index (χ1n) is 8.15. The molecule has 0 unspecified atom stereocenters. The smallest absolute Gasteiger partial charge is 0.231 e. The molecule has 1 saturated heterocycles. The summed E-state index contributed by atoms with van der Waals surface area (Å²) in [7, 11) is 1.77. The van der Waals surface area contributed by atoms with Gasteiger partial charge >= 0.3 is 0 Å². The van der Waals surface area contributed by atoms with Gasteiger partial charge in [0.15, 0.2) is 11.5 Å². The number of nitrogens with zero attached hydrogens (tertiary/aromatic N) is 1. The number of nitrogens with one attached hydrogen (secondary N) is 1. The van der Waals surface area contributed by atoms with E-state index in [4.69, 9.17) is 14.2 Å². The molecule has 2 aliphatic rings. The van der Waals surface area contributed by atoms with Crippen molar-refractivity contribution in [1.82, 2.24) is 10.2 Å². The Balaban J connectivity index is 0.00000192. The van der Waals surface area contributed by atoms with Crippen LogP contribution < -0.4 is 14.8 Å². The summed E-state index contributed by atoms with van der Waals surface area (Å²) in [6.45, 7) is 6.44. The summed E-state index contributed by atoms with van der Waals surface area (Å²) < 4.78 is 16.1. The zero-order chi connectivity index (χ0) is 15.2. The maximum Gasteiger partial charge on any atom is 0.231 e. The molecule has 1 aromatic carbocycles. The van der Waals surface area contributed by atoms with Crippen LogP contribution in [0, 0.1) is 5.92 Å². The summed E-state index contributed by atoms with van der Waals surface area (Å²) in [5.74, 6) is 2.50. The Morgan fingerprint density at radius 2 is 2.00 bits per heavy atom. The third-order valence-electron chi connectivity index (χ3n) is 4.43. The maximum atomic E-state index is 5.48. The van der Waals surface area contributed by atoms with E-state index in [9.17, 15) is 0 Å². The summed E-state index contributed by atoms with van der Waals surface area (Å²) in [6, 6.07) is 6.25. The molecule has 3 rings (SSSR count). The molecule has 1 fully saturated rings. The van der Waals surface area contributed by atoms with Gasteiger partial charge in [-0.3, -0.25) is 4.90 Å². The molecule has 0 saturated carbocycles. The van der Waals surface area contributed by atoms with Crippen LogP contribution in [-0.2, 0) is 11.3 Å². The van der Waals surface area contributed by atoms with Crippen molar-refractivity contribution in [2.45, 2.75) is 19.4 Å². The molecule has 0 spiro atoms. The number of hydrogen-bond donors (Lipinski definition) is 1. The zero-order valence-electron chi connectivity index (χ0n) is 13.8. The molecule has 1 aromatic rings. The van der Waals surface area contributed by atoms with Crippen LogP contribution in [0.15, 0.2) is 18.2 Å². The molecule has 6 heteroatoms. The van der Waals surface area contributed by atoms with Crippen molar-refractivity contribution in [1.29, 1.82) is 0 Å². The van der Waals surface area contributed by atoms with E-state index in [1.807, 2.05) is 6.07 Å². The predicted octanol–water partition coefficient (Wildman–Crippen LogP) is 2.29. The van der Waals surface area contributed by atoms with Gasteiger partial charge in [0.2, 0.25) is 6.79 Å². The summed E-state index contributed by atoms with van der Waals surface area (Å²) in [5, 5.41) is 3.44. The summed E-state index contributed by atoms with van der Waals surface area (Å²) in [5.41, 5.74) is 1.27. The minimum absolute atomic E-state index is 0. The highest BCUT2D eigenvalue weighted by Gasteiger charge is 2.19. The highest BCUT2D eigenvalue weighted by molar-refractivity contribution is 5.85. The highest BCUT2D eigenvalue weighted by Crippen LogP contribution is 2.32. The van der Waals surface area contributed by atoms with Gasteiger partial charge in [0.25, 0.3) is 0 Å². The van der Waals surface area contributed by atoms with E-state index in [1.165, 1.54) is 18.4 Å². The standard InChI is InChI=1S/C17H26N2O3.ClH/c1-20-9-8-19(11-14-4-6-18-7-5-14)12-15-2-3-16-17(10-15)22-13-21-16;/h2-3,10,14,18H,4-9,11-13H2,1H3;1H. The Bertz CT molecular complexity index is 481. The van der Waals surface area contributed by atoms with Crippen molar-refractivity contribution in [2.75, 3.05) is 46.7 Å². The first-order chi connectivity index (χ1) is 10.8. The minimum atomic E-state index is 0.